The predicted octanol–water partition coefficient (Wildman–Crippen LogP) is 2.13. The highest BCUT2D eigenvalue weighted by Gasteiger charge is 2.03. The van der Waals surface area contributed by atoms with Crippen LogP contribution in [0, 0.1) is 0 Å². The van der Waals surface area contributed by atoms with Crippen LogP contribution in [0.2, 0.25) is 5.02 Å². The minimum atomic E-state index is -0.201. The molecule has 1 aromatic heterocycles. The standard InChI is InChI=1S/C11H10ClN3O/c1-13-9-6-14-10(15-11(9)16)7-3-2-4-8(12)5-7/h2-6,13H,1H3,(H,14,15,16). The molecule has 0 saturated heterocycles. The van der Waals surface area contributed by atoms with Crippen LogP contribution in [0.3, 0.4) is 0 Å². The third kappa shape index (κ3) is 2.06. The fourth-order valence-corrected chi connectivity index (χ4v) is 1.55. The van der Waals surface area contributed by atoms with E-state index in [4.69, 9.17) is 11.6 Å². The molecule has 5 heteroatoms. The molecular formula is C11H10ClN3O. The smallest absolute Gasteiger partial charge is 0.274 e. The van der Waals surface area contributed by atoms with Gasteiger partial charge in [-0.3, -0.25) is 4.79 Å². The average molecular weight is 236 g/mol. The Labute approximate surface area is 97.3 Å². The first-order chi connectivity index (χ1) is 7.70. The van der Waals surface area contributed by atoms with E-state index in [1.807, 2.05) is 12.1 Å². The van der Waals surface area contributed by atoms with Gasteiger partial charge in [0.05, 0.1) is 6.20 Å². The van der Waals surface area contributed by atoms with Crippen LogP contribution in [-0.4, -0.2) is 17.0 Å². The zero-order valence-electron chi connectivity index (χ0n) is 8.62. The Bertz CT molecular complexity index is 565. The van der Waals surface area contributed by atoms with Crippen LogP contribution < -0.4 is 10.9 Å². The summed E-state index contributed by atoms with van der Waals surface area (Å²) in [6.45, 7) is 0. The van der Waals surface area contributed by atoms with Gasteiger partial charge in [-0.15, -0.1) is 0 Å². The van der Waals surface area contributed by atoms with Gasteiger partial charge >= 0.3 is 0 Å². The SMILES string of the molecule is CNc1cnc(-c2cccc(Cl)c2)[nH]c1=O. The number of nitrogens with zero attached hydrogens (tertiary/aromatic N) is 1. The number of hydrogen-bond donors (Lipinski definition) is 2. The zero-order valence-corrected chi connectivity index (χ0v) is 9.38. The van der Waals surface area contributed by atoms with Crippen LogP contribution in [0.25, 0.3) is 11.4 Å². The Kier molecular flexibility index (Phi) is 2.92. The van der Waals surface area contributed by atoms with E-state index in [1.54, 1.807) is 19.2 Å². The van der Waals surface area contributed by atoms with E-state index in [0.29, 0.717) is 16.5 Å². The van der Waals surface area contributed by atoms with E-state index in [2.05, 4.69) is 15.3 Å². The van der Waals surface area contributed by atoms with Crippen LogP contribution in [0.15, 0.2) is 35.3 Å². The first-order valence-corrected chi connectivity index (χ1v) is 5.11. The summed E-state index contributed by atoms with van der Waals surface area (Å²) in [5, 5.41) is 3.36. The Morgan fingerprint density at radius 1 is 1.44 bits per heavy atom. The summed E-state index contributed by atoms with van der Waals surface area (Å²) in [6.07, 6.45) is 1.50. The maximum Gasteiger partial charge on any atom is 0.274 e. The quantitative estimate of drug-likeness (QED) is 0.839. The topological polar surface area (TPSA) is 57.8 Å². The summed E-state index contributed by atoms with van der Waals surface area (Å²) in [7, 11) is 1.67. The normalized spacial score (nSPS) is 10.1. The van der Waals surface area contributed by atoms with Crippen molar-refractivity contribution in [3.8, 4) is 11.4 Å². The van der Waals surface area contributed by atoms with E-state index in [0.717, 1.165) is 5.56 Å². The molecule has 0 saturated carbocycles. The second-order valence-electron chi connectivity index (χ2n) is 3.23. The highest BCUT2D eigenvalue weighted by atomic mass is 35.5. The first-order valence-electron chi connectivity index (χ1n) is 4.73. The molecule has 2 rings (SSSR count). The van der Waals surface area contributed by atoms with Crippen molar-refractivity contribution in [2.45, 2.75) is 0 Å². The molecule has 0 spiro atoms. The average Bonchev–Trinajstić information content (AvgIpc) is 2.29. The molecule has 0 atom stereocenters. The lowest BCUT2D eigenvalue weighted by Crippen LogP contribution is -2.13. The number of H-pyrrole nitrogens is 1. The van der Waals surface area contributed by atoms with Gasteiger partial charge < -0.3 is 10.3 Å². The van der Waals surface area contributed by atoms with Crippen molar-refractivity contribution in [3.63, 3.8) is 0 Å². The molecule has 0 aliphatic rings. The molecule has 0 fully saturated rings. The minimum absolute atomic E-state index is 0.201. The maximum absolute atomic E-state index is 11.5. The van der Waals surface area contributed by atoms with E-state index in [1.165, 1.54) is 6.20 Å². The van der Waals surface area contributed by atoms with E-state index in [-0.39, 0.29) is 5.56 Å². The molecule has 0 unspecified atom stereocenters. The molecule has 1 heterocycles. The van der Waals surface area contributed by atoms with Crippen molar-refractivity contribution in [1.29, 1.82) is 0 Å². The molecule has 0 radical (unpaired) electrons. The summed E-state index contributed by atoms with van der Waals surface area (Å²) in [6, 6.07) is 7.16. The van der Waals surface area contributed by atoms with Gasteiger partial charge in [0.1, 0.15) is 11.5 Å². The summed E-state index contributed by atoms with van der Waals surface area (Å²) < 4.78 is 0. The monoisotopic (exact) mass is 235 g/mol. The van der Waals surface area contributed by atoms with Gasteiger partial charge in [0.2, 0.25) is 0 Å². The van der Waals surface area contributed by atoms with Crippen LogP contribution in [-0.2, 0) is 0 Å². The largest absolute Gasteiger partial charge is 0.382 e. The van der Waals surface area contributed by atoms with Crippen LogP contribution in [0.1, 0.15) is 0 Å². The van der Waals surface area contributed by atoms with Crippen LogP contribution >= 0.6 is 11.6 Å². The molecule has 2 N–H and O–H groups in total. The fraction of sp³-hybridized carbons (Fsp3) is 0.0909. The molecule has 0 bridgehead atoms. The van der Waals surface area contributed by atoms with Crippen molar-refractivity contribution in [1.82, 2.24) is 9.97 Å². The maximum atomic E-state index is 11.5. The Morgan fingerprint density at radius 2 is 2.25 bits per heavy atom. The van der Waals surface area contributed by atoms with Crippen molar-refractivity contribution in [3.05, 3.63) is 45.8 Å². The highest BCUT2D eigenvalue weighted by Crippen LogP contribution is 2.18. The zero-order chi connectivity index (χ0) is 11.5. The fourth-order valence-electron chi connectivity index (χ4n) is 1.36. The van der Waals surface area contributed by atoms with Crippen molar-refractivity contribution in [2.75, 3.05) is 12.4 Å². The molecule has 4 nitrogen and oxygen atoms in total. The molecule has 16 heavy (non-hydrogen) atoms. The van der Waals surface area contributed by atoms with Gasteiger partial charge in [-0.25, -0.2) is 4.98 Å². The Balaban J connectivity index is 2.49. The summed E-state index contributed by atoms with van der Waals surface area (Å²) >= 11 is 5.86. The molecule has 0 aliphatic heterocycles. The van der Waals surface area contributed by atoms with Crippen LogP contribution in [0.4, 0.5) is 5.69 Å². The van der Waals surface area contributed by atoms with Gasteiger partial charge in [-0.1, -0.05) is 23.7 Å². The number of nitrogens with one attached hydrogen (secondary N) is 2. The number of rotatable bonds is 2. The lowest BCUT2D eigenvalue weighted by Gasteiger charge is -2.02. The molecule has 0 amide bonds. The molecule has 82 valence electrons. The van der Waals surface area contributed by atoms with Gasteiger partial charge in [0, 0.05) is 17.6 Å². The second kappa shape index (κ2) is 4.37. The lowest BCUT2D eigenvalue weighted by molar-refractivity contribution is 1.12. The van der Waals surface area contributed by atoms with Crippen molar-refractivity contribution in [2.24, 2.45) is 0 Å². The van der Waals surface area contributed by atoms with Gasteiger partial charge in [-0.05, 0) is 12.1 Å². The van der Waals surface area contributed by atoms with Crippen molar-refractivity contribution < 1.29 is 0 Å². The number of hydrogen-bond acceptors (Lipinski definition) is 3. The number of benzene rings is 1. The predicted molar refractivity (Wildman–Crippen MR) is 64.9 cm³/mol. The summed E-state index contributed by atoms with van der Waals surface area (Å²) in [5.74, 6) is 0.506. The van der Waals surface area contributed by atoms with E-state index < -0.39 is 0 Å². The number of halogens is 1. The molecule has 1 aromatic carbocycles. The third-order valence-electron chi connectivity index (χ3n) is 2.17. The molecule has 0 aliphatic carbocycles. The van der Waals surface area contributed by atoms with Gasteiger partial charge in [0.15, 0.2) is 0 Å². The second-order valence-corrected chi connectivity index (χ2v) is 3.67. The highest BCUT2D eigenvalue weighted by molar-refractivity contribution is 6.30. The Hall–Kier alpha value is -1.81. The number of aromatic nitrogens is 2. The minimum Gasteiger partial charge on any atom is -0.382 e. The Morgan fingerprint density at radius 3 is 2.88 bits per heavy atom. The van der Waals surface area contributed by atoms with Gasteiger partial charge in [0.25, 0.3) is 5.56 Å². The van der Waals surface area contributed by atoms with Crippen LogP contribution in [0.5, 0.6) is 0 Å². The summed E-state index contributed by atoms with van der Waals surface area (Å²) in [4.78, 5) is 18.4. The lowest BCUT2D eigenvalue weighted by atomic mass is 10.2. The third-order valence-corrected chi connectivity index (χ3v) is 2.40. The molecule has 2 aromatic rings. The number of aromatic amines is 1. The van der Waals surface area contributed by atoms with Gasteiger partial charge in [-0.2, -0.15) is 0 Å². The van der Waals surface area contributed by atoms with E-state index >= 15 is 0 Å². The number of anilines is 1. The van der Waals surface area contributed by atoms with E-state index in [9.17, 15) is 4.79 Å². The summed E-state index contributed by atoms with van der Waals surface area (Å²) in [5.41, 5.74) is 1.02. The molecular weight excluding hydrogens is 226 g/mol. The van der Waals surface area contributed by atoms with Crippen molar-refractivity contribution >= 4 is 17.3 Å². The first kappa shape index (κ1) is 10.7.